The number of nitrogens with two attached hydrogens (primary N) is 1. The maximum Gasteiger partial charge on any atom is 0.322 e. The lowest BCUT2D eigenvalue weighted by Gasteiger charge is -2.08. The van der Waals surface area contributed by atoms with E-state index >= 15 is 0 Å². The van der Waals surface area contributed by atoms with E-state index < -0.39 is 0 Å². The van der Waals surface area contributed by atoms with Crippen molar-refractivity contribution >= 4 is 23.3 Å². The highest BCUT2D eigenvalue weighted by atomic mass is 35.5. The van der Waals surface area contributed by atoms with Gasteiger partial charge in [0.1, 0.15) is 5.75 Å². The summed E-state index contributed by atoms with van der Waals surface area (Å²) in [6.07, 6.45) is 3.03. The smallest absolute Gasteiger partial charge is 0.322 e. The van der Waals surface area contributed by atoms with Crippen LogP contribution in [0.4, 0.5) is 5.69 Å². The van der Waals surface area contributed by atoms with Crippen LogP contribution in [0.2, 0.25) is 5.02 Å². The second kappa shape index (κ2) is 6.90. The molecule has 0 amide bonds. The highest BCUT2D eigenvalue weighted by molar-refractivity contribution is 6.32. The molecule has 2 N–H and O–H groups in total. The largest absolute Gasteiger partial charge is 0.466 e. The summed E-state index contributed by atoms with van der Waals surface area (Å²) in [6.45, 7) is 2.11. The van der Waals surface area contributed by atoms with Crippen molar-refractivity contribution in [2.24, 2.45) is 0 Å². The quantitative estimate of drug-likeness (QED) is 0.854. The molecule has 0 fully saturated rings. The summed E-state index contributed by atoms with van der Waals surface area (Å²) in [5.41, 5.74) is 6.67. The van der Waals surface area contributed by atoms with Gasteiger partial charge in [-0.3, -0.25) is 4.79 Å². The number of esters is 1. The van der Waals surface area contributed by atoms with Crippen LogP contribution >= 0.6 is 11.6 Å². The normalized spacial score (nSPS) is 10.2. The zero-order valence-corrected chi connectivity index (χ0v) is 12.1. The summed E-state index contributed by atoms with van der Waals surface area (Å²) < 4.78 is 10.3. The van der Waals surface area contributed by atoms with E-state index in [0.29, 0.717) is 23.1 Å². The van der Waals surface area contributed by atoms with Crippen LogP contribution in [0.25, 0.3) is 0 Å². The Kier molecular flexibility index (Phi) is 4.94. The molecule has 110 valence electrons. The Bertz CT molecular complexity index is 632. The zero-order chi connectivity index (χ0) is 15.2. The third kappa shape index (κ3) is 4.32. The maximum atomic E-state index is 11.4. The van der Waals surface area contributed by atoms with Crippen LogP contribution < -0.4 is 10.5 Å². The Hall–Kier alpha value is -2.34. The van der Waals surface area contributed by atoms with Crippen LogP contribution in [0.1, 0.15) is 12.5 Å². The van der Waals surface area contributed by atoms with Crippen molar-refractivity contribution in [3.05, 3.63) is 41.2 Å². The summed E-state index contributed by atoms with van der Waals surface area (Å²) >= 11 is 6.11. The molecular weight excluding hydrogens is 294 g/mol. The molecule has 2 rings (SSSR count). The Balaban J connectivity index is 2.08. The third-order valence-corrected chi connectivity index (χ3v) is 2.79. The molecule has 0 aliphatic rings. The number of aromatic nitrogens is 2. The van der Waals surface area contributed by atoms with Gasteiger partial charge in [0.15, 0.2) is 0 Å². The number of carbonyl (C=O) groups is 1. The van der Waals surface area contributed by atoms with Crippen LogP contribution in [0.15, 0.2) is 30.6 Å². The van der Waals surface area contributed by atoms with Gasteiger partial charge < -0.3 is 15.2 Å². The predicted molar refractivity (Wildman–Crippen MR) is 78.3 cm³/mol. The zero-order valence-electron chi connectivity index (χ0n) is 11.4. The van der Waals surface area contributed by atoms with Gasteiger partial charge in [-0.1, -0.05) is 17.7 Å². The van der Waals surface area contributed by atoms with Crippen LogP contribution in [-0.4, -0.2) is 22.5 Å². The lowest BCUT2D eigenvalue weighted by Crippen LogP contribution is -2.07. The van der Waals surface area contributed by atoms with Crippen LogP contribution in [-0.2, 0) is 16.0 Å². The number of ether oxygens (including phenoxy) is 2. The first-order chi connectivity index (χ1) is 10.1. The number of hydrogen-bond acceptors (Lipinski definition) is 6. The Morgan fingerprint density at radius 2 is 2.05 bits per heavy atom. The molecule has 0 bridgehead atoms. The molecule has 21 heavy (non-hydrogen) atoms. The summed E-state index contributed by atoms with van der Waals surface area (Å²) in [7, 11) is 0. The average molecular weight is 308 g/mol. The summed E-state index contributed by atoms with van der Waals surface area (Å²) in [4.78, 5) is 19.2. The van der Waals surface area contributed by atoms with Gasteiger partial charge in [0, 0.05) is 0 Å². The van der Waals surface area contributed by atoms with E-state index in [0.717, 1.165) is 5.56 Å². The van der Waals surface area contributed by atoms with E-state index in [-0.39, 0.29) is 18.4 Å². The number of carbonyl (C=O) groups excluding carboxylic acids is 1. The van der Waals surface area contributed by atoms with Gasteiger partial charge in [-0.05, 0) is 24.6 Å². The molecule has 1 heterocycles. The molecule has 0 aliphatic carbocycles. The predicted octanol–water partition coefficient (Wildman–Crippen LogP) is 2.61. The highest BCUT2D eigenvalue weighted by Gasteiger charge is 2.09. The second-order valence-corrected chi connectivity index (χ2v) is 4.55. The molecule has 0 saturated carbocycles. The number of nitrogens with zero attached hydrogens (tertiary/aromatic N) is 2. The number of nitrogen functional groups attached to an aromatic ring is 1. The topological polar surface area (TPSA) is 87.3 Å². The minimum atomic E-state index is -0.302. The van der Waals surface area contributed by atoms with Crippen molar-refractivity contribution in [3.63, 3.8) is 0 Å². The number of anilines is 1. The van der Waals surface area contributed by atoms with Gasteiger partial charge >= 0.3 is 12.0 Å². The first-order valence-electron chi connectivity index (χ1n) is 6.28. The van der Waals surface area contributed by atoms with Gasteiger partial charge in [0.25, 0.3) is 0 Å². The first kappa shape index (κ1) is 15.1. The summed E-state index contributed by atoms with van der Waals surface area (Å²) in [5, 5.41) is 0.359. The molecule has 0 aliphatic heterocycles. The maximum absolute atomic E-state index is 11.4. The van der Waals surface area contributed by atoms with E-state index in [4.69, 9.17) is 26.8 Å². The molecule has 1 aromatic heterocycles. The molecule has 6 nitrogen and oxygen atoms in total. The van der Waals surface area contributed by atoms with E-state index in [1.165, 1.54) is 12.4 Å². The van der Waals surface area contributed by atoms with Crippen LogP contribution in [0, 0.1) is 0 Å². The molecule has 7 heteroatoms. The molecule has 0 radical (unpaired) electrons. The minimum absolute atomic E-state index is 0.143. The number of benzene rings is 1. The van der Waals surface area contributed by atoms with E-state index in [1.807, 2.05) is 0 Å². The van der Waals surface area contributed by atoms with Gasteiger partial charge in [-0.2, -0.15) is 0 Å². The molecule has 2 aromatic rings. The van der Waals surface area contributed by atoms with Gasteiger partial charge in [0.2, 0.25) is 0 Å². The molecular formula is C14H14ClN3O3. The van der Waals surface area contributed by atoms with E-state index in [9.17, 15) is 4.79 Å². The van der Waals surface area contributed by atoms with Crippen molar-refractivity contribution in [2.75, 3.05) is 12.3 Å². The van der Waals surface area contributed by atoms with Crippen molar-refractivity contribution in [3.8, 4) is 11.8 Å². The molecule has 0 spiro atoms. The SMILES string of the molecule is CCOC(=O)Cc1ccc(Oc2ncc(N)cn2)c(Cl)c1. The fourth-order valence-electron chi connectivity index (χ4n) is 1.59. The fourth-order valence-corrected chi connectivity index (χ4v) is 1.83. The molecule has 0 atom stereocenters. The van der Waals surface area contributed by atoms with Gasteiger partial charge in [-0.15, -0.1) is 0 Å². The Morgan fingerprint density at radius 3 is 2.67 bits per heavy atom. The van der Waals surface area contributed by atoms with E-state index in [1.54, 1.807) is 25.1 Å². The van der Waals surface area contributed by atoms with Crippen LogP contribution in [0.3, 0.4) is 0 Å². The van der Waals surface area contributed by atoms with Crippen molar-refractivity contribution in [1.29, 1.82) is 0 Å². The van der Waals surface area contributed by atoms with Crippen molar-refractivity contribution < 1.29 is 14.3 Å². The second-order valence-electron chi connectivity index (χ2n) is 4.15. The summed E-state index contributed by atoms with van der Waals surface area (Å²) in [6, 6.07) is 5.17. The van der Waals surface area contributed by atoms with E-state index in [2.05, 4.69) is 9.97 Å². The third-order valence-electron chi connectivity index (χ3n) is 2.50. The lowest BCUT2D eigenvalue weighted by molar-refractivity contribution is -0.142. The highest BCUT2D eigenvalue weighted by Crippen LogP contribution is 2.28. The van der Waals surface area contributed by atoms with Gasteiger partial charge in [0.05, 0.1) is 36.1 Å². The van der Waals surface area contributed by atoms with Crippen molar-refractivity contribution in [2.45, 2.75) is 13.3 Å². The fraction of sp³-hybridized carbons (Fsp3) is 0.214. The van der Waals surface area contributed by atoms with Crippen LogP contribution in [0.5, 0.6) is 11.8 Å². The lowest BCUT2D eigenvalue weighted by atomic mass is 10.1. The molecule has 1 aromatic carbocycles. The number of halogens is 1. The minimum Gasteiger partial charge on any atom is -0.466 e. The molecule has 0 saturated heterocycles. The molecule has 0 unspecified atom stereocenters. The van der Waals surface area contributed by atoms with Crippen molar-refractivity contribution in [1.82, 2.24) is 9.97 Å². The van der Waals surface area contributed by atoms with Gasteiger partial charge in [-0.25, -0.2) is 9.97 Å². The number of rotatable bonds is 5. The number of hydrogen-bond donors (Lipinski definition) is 1. The monoisotopic (exact) mass is 307 g/mol. The summed E-state index contributed by atoms with van der Waals surface area (Å²) in [5.74, 6) is 0.0955. The Labute approximate surface area is 126 Å². The first-order valence-corrected chi connectivity index (χ1v) is 6.65. The Morgan fingerprint density at radius 1 is 1.33 bits per heavy atom. The standard InChI is InChI=1S/C14H14ClN3O3/c1-2-20-13(19)6-9-3-4-12(11(15)5-9)21-14-17-7-10(16)8-18-14/h3-5,7-8H,2,6,16H2,1H3. The average Bonchev–Trinajstić information content (AvgIpc) is 2.44.